The Hall–Kier alpha value is 0.480. The molecule has 1 fully saturated rings. The molecule has 0 spiro atoms. The minimum absolute atomic E-state index is 0.0533. The molecule has 2 atom stereocenters. The van der Waals surface area contributed by atoms with Crippen molar-refractivity contribution in [3.05, 3.63) is 26.7 Å². The van der Waals surface area contributed by atoms with E-state index >= 15 is 0 Å². The fraction of sp³-hybridized carbons (Fsp3) is 0.500. The molecule has 0 aliphatic carbocycles. The Balaban J connectivity index is 2.41. The number of sulfonamides is 1. The normalized spacial score (nSPS) is 24.9. The molecule has 3 nitrogen and oxygen atoms in total. The number of halogens is 4. The second-order valence-electron chi connectivity index (χ2n) is 4.84. The maximum Gasteiger partial charge on any atom is 0.246 e. The van der Waals surface area contributed by atoms with E-state index in [1.807, 2.05) is 6.92 Å². The van der Waals surface area contributed by atoms with E-state index in [2.05, 4.69) is 15.9 Å². The minimum Gasteiger partial charge on any atom is -0.207 e. The van der Waals surface area contributed by atoms with Gasteiger partial charge in [-0.05, 0) is 24.5 Å². The molecule has 1 heterocycles. The Morgan fingerprint density at radius 2 is 1.85 bits per heavy atom. The summed E-state index contributed by atoms with van der Waals surface area (Å²) in [5, 5.41) is 0.00904. The molecule has 0 saturated carbocycles. The number of rotatable bonds is 2. The second-order valence-corrected chi connectivity index (χ2v) is 9.01. The van der Waals surface area contributed by atoms with Crippen molar-refractivity contribution in [2.45, 2.75) is 23.6 Å². The van der Waals surface area contributed by atoms with Crippen molar-refractivity contribution in [1.29, 1.82) is 0 Å². The van der Waals surface area contributed by atoms with Gasteiger partial charge in [0.1, 0.15) is 4.90 Å². The largest absolute Gasteiger partial charge is 0.246 e. The van der Waals surface area contributed by atoms with Crippen LogP contribution in [0.2, 0.25) is 10.0 Å². The zero-order valence-corrected chi connectivity index (χ0v) is 15.3. The zero-order chi connectivity index (χ0) is 15.1. The quantitative estimate of drug-likeness (QED) is 0.664. The molecular formula is C12H13BrCl3NO2S. The highest BCUT2D eigenvalue weighted by molar-refractivity contribution is 9.10. The van der Waals surface area contributed by atoms with Crippen LogP contribution in [0.25, 0.3) is 0 Å². The summed E-state index contributed by atoms with van der Waals surface area (Å²) in [4.78, 5) is -0.0533. The minimum atomic E-state index is -3.73. The molecule has 1 aliphatic rings. The maximum atomic E-state index is 12.7. The van der Waals surface area contributed by atoms with Gasteiger partial charge in [-0.25, -0.2) is 8.42 Å². The first kappa shape index (κ1) is 16.8. The van der Waals surface area contributed by atoms with Gasteiger partial charge in [0.25, 0.3) is 0 Å². The number of benzene rings is 1. The topological polar surface area (TPSA) is 37.4 Å². The molecule has 1 aromatic carbocycles. The van der Waals surface area contributed by atoms with Crippen molar-refractivity contribution in [3.8, 4) is 0 Å². The SMILES string of the molecule is CC1CCN(S(=O)(=O)c2c(Cl)cc(Br)cc2Cl)CC1Cl. The van der Waals surface area contributed by atoms with Crippen LogP contribution in [0.1, 0.15) is 13.3 Å². The standard InChI is InChI=1S/C12H13BrCl3NO2S/c1-7-2-3-17(6-11(7)16)20(18,19)12-9(14)4-8(13)5-10(12)15/h4-5,7,11H,2-3,6H2,1H3. The van der Waals surface area contributed by atoms with E-state index in [9.17, 15) is 8.42 Å². The fourth-order valence-corrected chi connectivity index (χ4v) is 5.86. The predicted molar refractivity (Wildman–Crippen MR) is 86.3 cm³/mol. The lowest BCUT2D eigenvalue weighted by atomic mass is 10.0. The number of alkyl halides is 1. The van der Waals surface area contributed by atoms with Crippen molar-refractivity contribution in [2.75, 3.05) is 13.1 Å². The summed E-state index contributed by atoms with van der Waals surface area (Å²) in [6.07, 6.45) is 0.721. The molecule has 8 heteroatoms. The molecule has 1 saturated heterocycles. The Kier molecular flexibility index (Phi) is 5.31. The van der Waals surface area contributed by atoms with Gasteiger partial charge >= 0.3 is 0 Å². The molecule has 0 aromatic heterocycles. The summed E-state index contributed by atoms with van der Waals surface area (Å²) < 4.78 is 27.3. The lowest BCUT2D eigenvalue weighted by Crippen LogP contribution is -2.43. The lowest BCUT2D eigenvalue weighted by molar-refractivity contribution is 0.293. The van der Waals surface area contributed by atoms with Crippen molar-refractivity contribution < 1.29 is 8.42 Å². The second kappa shape index (κ2) is 6.31. The molecule has 0 bridgehead atoms. The van der Waals surface area contributed by atoms with Crippen molar-refractivity contribution in [3.63, 3.8) is 0 Å². The molecule has 0 radical (unpaired) electrons. The first-order valence-corrected chi connectivity index (χ1v) is 9.44. The summed E-state index contributed by atoms with van der Waals surface area (Å²) in [6, 6.07) is 3.04. The highest BCUT2D eigenvalue weighted by Crippen LogP contribution is 2.36. The van der Waals surface area contributed by atoms with Crippen LogP contribution in [0.15, 0.2) is 21.5 Å². The van der Waals surface area contributed by atoms with E-state index in [-0.39, 0.29) is 26.9 Å². The number of hydrogen-bond acceptors (Lipinski definition) is 2. The van der Waals surface area contributed by atoms with Crippen LogP contribution < -0.4 is 0 Å². The van der Waals surface area contributed by atoms with Crippen LogP contribution in [0.5, 0.6) is 0 Å². The molecule has 1 aromatic rings. The van der Waals surface area contributed by atoms with E-state index < -0.39 is 10.0 Å². The summed E-state index contributed by atoms with van der Waals surface area (Å²) >= 11 is 21.5. The van der Waals surface area contributed by atoms with Crippen molar-refractivity contribution in [2.24, 2.45) is 5.92 Å². The van der Waals surface area contributed by atoms with E-state index in [1.165, 1.54) is 16.4 Å². The number of hydrogen-bond donors (Lipinski definition) is 0. The van der Waals surface area contributed by atoms with Crippen LogP contribution in [-0.2, 0) is 10.0 Å². The molecular weight excluding hydrogens is 408 g/mol. The molecule has 1 aliphatic heterocycles. The van der Waals surface area contributed by atoms with Crippen LogP contribution >= 0.6 is 50.7 Å². The number of piperidine rings is 1. The number of nitrogens with zero attached hydrogens (tertiary/aromatic N) is 1. The third-order valence-electron chi connectivity index (χ3n) is 3.39. The van der Waals surface area contributed by atoms with E-state index in [0.717, 1.165) is 6.42 Å². The van der Waals surface area contributed by atoms with Gasteiger partial charge in [-0.3, -0.25) is 0 Å². The monoisotopic (exact) mass is 419 g/mol. The van der Waals surface area contributed by atoms with Crippen LogP contribution in [0.3, 0.4) is 0 Å². The molecule has 20 heavy (non-hydrogen) atoms. The Bertz CT molecular complexity index is 600. The van der Waals surface area contributed by atoms with Gasteiger partial charge < -0.3 is 0 Å². The fourth-order valence-electron chi connectivity index (χ4n) is 2.12. The van der Waals surface area contributed by atoms with E-state index in [4.69, 9.17) is 34.8 Å². The average Bonchev–Trinajstić information content (AvgIpc) is 2.30. The van der Waals surface area contributed by atoms with Gasteiger partial charge in [0, 0.05) is 22.9 Å². The Labute approximate surface area is 142 Å². The van der Waals surface area contributed by atoms with Crippen LogP contribution in [0, 0.1) is 5.92 Å². The van der Waals surface area contributed by atoms with E-state index in [0.29, 0.717) is 16.9 Å². The lowest BCUT2D eigenvalue weighted by Gasteiger charge is -2.33. The molecule has 2 rings (SSSR count). The smallest absolute Gasteiger partial charge is 0.207 e. The first-order chi connectivity index (χ1) is 9.23. The summed E-state index contributed by atoms with van der Waals surface area (Å²) in [7, 11) is -3.73. The predicted octanol–water partition coefficient (Wildman–Crippen LogP) is 4.39. The summed E-state index contributed by atoms with van der Waals surface area (Å²) in [5.41, 5.74) is 0. The maximum absolute atomic E-state index is 12.7. The zero-order valence-electron chi connectivity index (χ0n) is 10.6. The molecule has 112 valence electrons. The van der Waals surface area contributed by atoms with Gasteiger partial charge in [0.15, 0.2) is 0 Å². The summed E-state index contributed by atoms with van der Waals surface area (Å²) in [6.45, 7) is 2.71. The average molecular weight is 422 g/mol. The Morgan fingerprint density at radius 1 is 1.30 bits per heavy atom. The Morgan fingerprint density at radius 3 is 2.35 bits per heavy atom. The van der Waals surface area contributed by atoms with Crippen molar-refractivity contribution >= 4 is 60.8 Å². The summed E-state index contributed by atoms with van der Waals surface area (Å²) in [5.74, 6) is 0.291. The van der Waals surface area contributed by atoms with E-state index in [1.54, 1.807) is 0 Å². The third-order valence-corrected chi connectivity index (χ3v) is 7.20. The highest BCUT2D eigenvalue weighted by atomic mass is 79.9. The van der Waals surface area contributed by atoms with Gasteiger partial charge in [-0.1, -0.05) is 46.1 Å². The molecule has 0 amide bonds. The van der Waals surface area contributed by atoms with Crippen molar-refractivity contribution in [1.82, 2.24) is 4.31 Å². The highest BCUT2D eigenvalue weighted by Gasteiger charge is 2.35. The van der Waals surface area contributed by atoms with Gasteiger partial charge in [-0.2, -0.15) is 4.31 Å². The van der Waals surface area contributed by atoms with Crippen LogP contribution in [0.4, 0.5) is 0 Å². The third kappa shape index (κ3) is 3.28. The van der Waals surface area contributed by atoms with Gasteiger partial charge in [-0.15, -0.1) is 11.6 Å². The molecule has 0 N–H and O–H groups in total. The van der Waals surface area contributed by atoms with Gasteiger partial charge in [0.2, 0.25) is 10.0 Å². The first-order valence-electron chi connectivity index (χ1n) is 6.02. The van der Waals surface area contributed by atoms with Crippen LogP contribution in [-0.4, -0.2) is 31.2 Å². The van der Waals surface area contributed by atoms with Gasteiger partial charge in [0.05, 0.1) is 10.0 Å². The molecule has 2 unspecified atom stereocenters.